The lowest BCUT2D eigenvalue weighted by Gasteiger charge is -2.41. The van der Waals surface area contributed by atoms with Gasteiger partial charge in [0, 0.05) is 24.7 Å². The van der Waals surface area contributed by atoms with Crippen LogP contribution in [0.15, 0.2) is 18.2 Å². The molecule has 6 heteroatoms. The average Bonchev–Trinajstić information content (AvgIpc) is 2.62. The van der Waals surface area contributed by atoms with Crippen molar-refractivity contribution in [2.24, 2.45) is 5.92 Å². The number of nitrogens with zero attached hydrogens (tertiary/aromatic N) is 1. The third kappa shape index (κ3) is 4.67. The molecular formula is C21H30N2O4. The van der Waals surface area contributed by atoms with Crippen LogP contribution in [0.25, 0.3) is 0 Å². The summed E-state index contributed by atoms with van der Waals surface area (Å²) in [5.41, 5.74) is 0.751. The maximum absolute atomic E-state index is 13.0. The number of carboxylic acid groups (broad SMARTS) is 1. The molecule has 0 heterocycles. The number of carbonyl (C=O) groups excluding carboxylic acids is 2. The van der Waals surface area contributed by atoms with Gasteiger partial charge < -0.3 is 15.3 Å². The molecule has 2 rings (SSSR count). The van der Waals surface area contributed by atoms with Crippen LogP contribution in [-0.4, -0.2) is 40.4 Å². The Bertz CT molecular complexity index is 721. The standard InChI is InChI=1S/C21H30N2O4/c1-14(2)12-18(24)22-17-9-8-16(13-15(17)3)19(25)23(4)21(20(26)27)10-6-5-7-11-21/h8-9,13-14H,5-7,10-12H2,1-4H3,(H,22,24)(H,26,27). The van der Waals surface area contributed by atoms with Gasteiger partial charge in [0.05, 0.1) is 0 Å². The molecule has 1 fully saturated rings. The Morgan fingerprint density at radius 3 is 2.33 bits per heavy atom. The van der Waals surface area contributed by atoms with Crippen molar-refractivity contribution in [3.8, 4) is 0 Å². The van der Waals surface area contributed by atoms with Gasteiger partial charge in [0.2, 0.25) is 5.91 Å². The minimum Gasteiger partial charge on any atom is -0.479 e. The number of hydrogen-bond donors (Lipinski definition) is 2. The largest absolute Gasteiger partial charge is 0.479 e. The maximum atomic E-state index is 13.0. The fourth-order valence-corrected chi connectivity index (χ4v) is 3.73. The zero-order valence-corrected chi connectivity index (χ0v) is 16.7. The van der Waals surface area contributed by atoms with E-state index in [1.165, 1.54) is 4.90 Å². The van der Waals surface area contributed by atoms with Gasteiger partial charge in [-0.2, -0.15) is 0 Å². The summed E-state index contributed by atoms with van der Waals surface area (Å²) in [6, 6.07) is 5.07. The van der Waals surface area contributed by atoms with Gasteiger partial charge in [0.25, 0.3) is 5.91 Å². The van der Waals surface area contributed by atoms with Crippen molar-refractivity contribution < 1.29 is 19.5 Å². The highest BCUT2D eigenvalue weighted by Gasteiger charge is 2.45. The monoisotopic (exact) mass is 374 g/mol. The molecule has 0 saturated heterocycles. The average molecular weight is 374 g/mol. The third-order valence-corrected chi connectivity index (χ3v) is 5.37. The summed E-state index contributed by atoms with van der Waals surface area (Å²) in [5.74, 6) is -1.03. The predicted octanol–water partition coefficient (Wildman–Crippen LogP) is 3.84. The number of amides is 2. The summed E-state index contributed by atoms with van der Waals surface area (Å²) in [6.45, 7) is 5.79. The first kappa shape index (κ1) is 20.9. The minimum atomic E-state index is -1.13. The summed E-state index contributed by atoms with van der Waals surface area (Å²) in [7, 11) is 1.58. The summed E-state index contributed by atoms with van der Waals surface area (Å²) >= 11 is 0. The van der Waals surface area contributed by atoms with E-state index >= 15 is 0 Å². The Hall–Kier alpha value is -2.37. The first-order chi connectivity index (χ1) is 12.7. The van der Waals surface area contributed by atoms with Gasteiger partial charge in [0.1, 0.15) is 5.54 Å². The lowest BCUT2D eigenvalue weighted by Crippen LogP contribution is -2.56. The van der Waals surface area contributed by atoms with Gasteiger partial charge in [0.15, 0.2) is 0 Å². The highest BCUT2D eigenvalue weighted by Crippen LogP contribution is 2.34. The Balaban J connectivity index is 2.19. The number of aliphatic carboxylic acids is 1. The zero-order chi connectivity index (χ0) is 20.2. The van der Waals surface area contributed by atoms with Crippen molar-refractivity contribution >= 4 is 23.5 Å². The molecule has 6 nitrogen and oxygen atoms in total. The van der Waals surface area contributed by atoms with E-state index in [2.05, 4.69) is 5.32 Å². The second-order valence-corrected chi connectivity index (χ2v) is 7.94. The maximum Gasteiger partial charge on any atom is 0.329 e. The van der Waals surface area contributed by atoms with Gasteiger partial charge in [-0.05, 0) is 49.4 Å². The van der Waals surface area contributed by atoms with Crippen molar-refractivity contribution in [1.29, 1.82) is 0 Å². The molecule has 27 heavy (non-hydrogen) atoms. The third-order valence-electron chi connectivity index (χ3n) is 5.37. The van der Waals surface area contributed by atoms with Crippen LogP contribution in [0.3, 0.4) is 0 Å². The summed E-state index contributed by atoms with van der Waals surface area (Å²) in [5, 5.41) is 12.7. The molecule has 0 atom stereocenters. The van der Waals surface area contributed by atoms with Crippen molar-refractivity contribution in [1.82, 2.24) is 4.90 Å². The van der Waals surface area contributed by atoms with Crippen molar-refractivity contribution in [2.75, 3.05) is 12.4 Å². The van der Waals surface area contributed by atoms with Crippen LogP contribution in [0.5, 0.6) is 0 Å². The molecule has 0 aromatic heterocycles. The molecule has 1 saturated carbocycles. The summed E-state index contributed by atoms with van der Waals surface area (Å²) in [6.07, 6.45) is 4.01. The number of hydrogen-bond acceptors (Lipinski definition) is 3. The van der Waals surface area contributed by atoms with Crippen LogP contribution < -0.4 is 5.32 Å². The molecule has 2 amide bonds. The van der Waals surface area contributed by atoms with E-state index in [1.54, 1.807) is 25.2 Å². The lowest BCUT2D eigenvalue weighted by molar-refractivity contribution is -0.151. The minimum absolute atomic E-state index is 0.0590. The van der Waals surface area contributed by atoms with E-state index in [9.17, 15) is 19.5 Å². The highest BCUT2D eigenvalue weighted by atomic mass is 16.4. The van der Waals surface area contributed by atoms with E-state index in [-0.39, 0.29) is 17.7 Å². The van der Waals surface area contributed by atoms with Crippen LogP contribution in [0, 0.1) is 12.8 Å². The highest BCUT2D eigenvalue weighted by molar-refractivity contribution is 5.99. The van der Waals surface area contributed by atoms with Gasteiger partial charge >= 0.3 is 5.97 Å². The van der Waals surface area contributed by atoms with Crippen molar-refractivity contribution in [3.63, 3.8) is 0 Å². The number of likely N-dealkylation sites (N-methyl/N-ethyl adjacent to an activating group) is 1. The van der Waals surface area contributed by atoms with Crippen LogP contribution >= 0.6 is 0 Å². The van der Waals surface area contributed by atoms with Crippen LogP contribution in [0.2, 0.25) is 0 Å². The molecule has 1 aliphatic rings. The fraction of sp³-hybridized carbons (Fsp3) is 0.571. The van der Waals surface area contributed by atoms with Gasteiger partial charge in [-0.1, -0.05) is 33.1 Å². The second kappa shape index (κ2) is 8.55. The summed E-state index contributed by atoms with van der Waals surface area (Å²) in [4.78, 5) is 38.3. The Labute approximate surface area is 160 Å². The van der Waals surface area contributed by atoms with Gasteiger partial charge in [-0.15, -0.1) is 0 Å². The molecule has 2 N–H and O–H groups in total. The van der Waals surface area contributed by atoms with Crippen LogP contribution in [-0.2, 0) is 9.59 Å². The van der Waals surface area contributed by atoms with E-state index in [0.717, 1.165) is 24.8 Å². The molecule has 148 valence electrons. The van der Waals surface area contributed by atoms with Crippen LogP contribution in [0.4, 0.5) is 5.69 Å². The van der Waals surface area contributed by atoms with E-state index < -0.39 is 11.5 Å². The number of carboxylic acids is 1. The predicted molar refractivity (Wildman–Crippen MR) is 105 cm³/mol. The first-order valence-corrected chi connectivity index (χ1v) is 9.59. The first-order valence-electron chi connectivity index (χ1n) is 9.59. The molecule has 0 bridgehead atoms. The lowest BCUT2D eigenvalue weighted by atomic mass is 9.80. The Morgan fingerprint density at radius 1 is 1.19 bits per heavy atom. The number of rotatable bonds is 6. The molecule has 0 spiro atoms. The van der Waals surface area contributed by atoms with Gasteiger partial charge in [-0.25, -0.2) is 4.79 Å². The number of aryl methyl sites for hydroxylation is 1. The van der Waals surface area contributed by atoms with Crippen molar-refractivity contribution in [3.05, 3.63) is 29.3 Å². The quantitative estimate of drug-likeness (QED) is 0.792. The Kier molecular flexibility index (Phi) is 6.63. The SMILES string of the molecule is Cc1cc(C(=O)N(C)C2(C(=O)O)CCCCC2)ccc1NC(=O)CC(C)C. The van der Waals surface area contributed by atoms with Crippen LogP contribution in [0.1, 0.15) is 68.3 Å². The second-order valence-electron chi connectivity index (χ2n) is 7.94. The number of benzene rings is 1. The van der Waals surface area contributed by atoms with E-state index in [4.69, 9.17) is 0 Å². The molecule has 1 aliphatic carbocycles. The van der Waals surface area contributed by atoms with Gasteiger partial charge in [-0.3, -0.25) is 9.59 Å². The molecule has 1 aromatic rings. The Morgan fingerprint density at radius 2 is 1.81 bits per heavy atom. The smallest absolute Gasteiger partial charge is 0.329 e. The molecule has 0 unspecified atom stereocenters. The number of nitrogens with one attached hydrogen (secondary N) is 1. The molecule has 0 aliphatic heterocycles. The van der Waals surface area contributed by atoms with E-state index in [0.29, 0.717) is 30.5 Å². The fourth-order valence-electron chi connectivity index (χ4n) is 3.73. The zero-order valence-electron chi connectivity index (χ0n) is 16.7. The molecular weight excluding hydrogens is 344 g/mol. The molecule has 0 radical (unpaired) electrons. The molecule has 1 aromatic carbocycles. The van der Waals surface area contributed by atoms with E-state index in [1.807, 2.05) is 20.8 Å². The number of carbonyl (C=O) groups is 3. The summed E-state index contributed by atoms with van der Waals surface area (Å²) < 4.78 is 0. The normalized spacial score (nSPS) is 16.0. The number of anilines is 1. The van der Waals surface area contributed by atoms with Crippen molar-refractivity contribution in [2.45, 2.75) is 64.8 Å². The topological polar surface area (TPSA) is 86.7 Å².